The van der Waals surface area contributed by atoms with Crippen LogP contribution in [0.2, 0.25) is 0 Å². The van der Waals surface area contributed by atoms with Gasteiger partial charge in [0.15, 0.2) is 9.84 Å². The summed E-state index contributed by atoms with van der Waals surface area (Å²) >= 11 is 0. The molecule has 0 fully saturated rings. The zero-order chi connectivity index (χ0) is 13.2. The summed E-state index contributed by atoms with van der Waals surface area (Å²) in [6.45, 7) is 5.52. The van der Waals surface area contributed by atoms with E-state index in [4.69, 9.17) is 5.11 Å². The molecule has 0 spiro atoms. The van der Waals surface area contributed by atoms with Crippen LogP contribution < -0.4 is 0 Å². The predicted octanol–water partition coefficient (Wildman–Crippen LogP) is 1.86. The van der Waals surface area contributed by atoms with Crippen LogP contribution in [0.1, 0.15) is 23.1 Å². The number of carboxylic acids is 1. The highest BCUT2D eigenvalue weighted by Crippen LogP contribution is 2.22. The third kappa shape index (κ3) is 3.06. The Labute approximate surface area is 101 Å². The molecule has 0 unspecified atom stereocenters. The highest BCUT2D eigenvalue weighted by Gasteiger charge is 2.19. The standard InChI is InChI=1S/C12H16O4S/c1-8-4-5-11(10(3)9(8)2)17(15,16)7-6-12(13)14/h4-5H,6-7H2,1-3H3,(H,13,14). The van der Waals surface area contributed by atoms with Crippen molar-refractivity contribution in [2.45, 2.75) is 32.1 Å². The SMILES string of the molecule is Cc1ccc(S(=O)(=O)CCC(=O)O)c(C)c1C. The van der Waals surface area contributed by atoms with E-state index in [1.807, 2.05) is 13.8 Å². The van der Waals surface area contributed by atoms with Crippen LogP contribution >= 0.6 is 0 Å². The minimum atomic E-state index is -3.51. The quantitative estimate of drug-likeness (QED) is 0.892. The van der Waals surface area contributed by atoms with Gasteiger partial charge >= 0.3 is 5.97 Å². The Morgan fingerprint density at radius 3 is 2.29 bits per heavy atom. The summed E-state index contributed by atoms with van der Waals surface area (Å²) < 4.78 is 23.9. The summed E-state index contributed by atoms with van der Waals surface area (Å²) in [5.74, 6) is -1.46. The summed E-state index contributed by atoms with van der Waals surface area (Å²) in [5.41, 5.74) is 2.66. The van der Waals surface area contributed by atoms with Gasteiger partial charge in [0.05, 0.1) is 17.1 Å². The van der Waals surface area contributed by atoms with Gasteiger partial charge in [-0.2, -0.15) is 0 Å². The monoisotopic (exact) mass is 256 g/mol. The molecule has 0 heterocycles. The molecule has 0 radical (unpaired) electrons. The molecule has 0 atom stereocenters. The molecule has 0 aromatic heterocycles. The first-order chi connectivity index (χ1) is 7.75. The summed E-state index contributed by atoms with van der Waals surface area (Å²) in [6, 6.07) is 3.30. The molecule has 1 rings (SSSR count). The normalized spacial score (nSPS) is 11.5. The van der Waals surface area contributed by atoms with Crippen molar-refractivity contribution in [1.82, 2.24) is 0 Å². The molecule has 1 aromatic carbocycles. The molecule has 0 aliphatic rings. The number of aryl methyl sites for hydroxylation is 1. The second-order valence-electron chi connectivity index (χ2n) is 4.09. The molecular weight excluding hydrogens is 240 g/mol. The summed E-state index contributed by atoms with van der Waals surface area (Å²) in [7, 11) is -3.51. The third-order valence-electron chi connectivity index (χ3n) is 2.93. The van der Waals surface area contributed by atoms with Crippen LogP contribution in [0, 0.1) is 20.8 Å². The highest BCUT2D eigenvalue weighted by molar-refractivity contribution is 7.91. The van der Waals surface area contributed by atoms with Gasteiger partial charge in [-0.1, -0.05) is 6.07 Å². The van der Waals surface area contributed by atoms with Gasteiger partial charge in [0.1, 0.15) is 0 Å². The first-order valence-electron chi connectivity index (χ1n) is 5.27. The molecule has 0 saturated carbocycles. The lowest BCUT2D eigenvalue weighted by Gasteiger charge is -2.11. The average molecular weight is 256 g/mol. The molecule has 0 saturated heterocycles. The zero-order valence-electron chi connectivity index (χ0n) is 10.1. The van der Waals surface area contributed by atoms with E-state index in [9.17, 15) is 13.2 Å². The molecule has 0 bridgehead atoms. The lowest BCUT2D eigenvalue weighted by atomic mass is 10.1. The van der Waals surface area contributed by atoms with Crippen molar-refractivity contribution in [3.8, 4) is 0 Å². The number of carbonyl (C=O) groups is 1. The van der Waals surface area contributed by atoms with Crippen LogP contribution in [-0.4, -0.2) is 25.2 Å². The Kier molecular flexibility index (Phi) is 3.93. The van der Waals surface area contributed by atoms with E-state index >= 15 is 0 Å². The Morgan fingerprint density at radius 2 is 1.76 bits per heavy atom. The molecule has 0 amide bonds. The number of carboxylic acid groups (broad SMARTS) is 1. The van der Waals surface area contributed by atoms with Crippen molar-refractivity contribution in [3.63, 3.8) is 0 Å². The molecule has 17 heavy (non-hydrogen) atoms. The smallest absolute Gasteiger partial charge is 0.304 e. The Bertz CT molecular complexity index is 544. The highest BCUT2D eigenvalue weighted by atomic mass is 32.2. The third-order valence-corrected chi connectivity index (χ3v) is 4.78. The largest absolute Gasteiger partial charge is 0.481 e. The van der Waals surface area contributed by atoms with Crippen LogP contribution in [0.15, 0.2) is 17.0 Å². The number of aliphatic carboxylic acids is 1. The first kappa shape index (κ1) is 13.7. The van der Waals surface area contributed by atoms with E-state index in [0.29, 0.717) is 5.56 Å². The van der Waals surface area contributed by atoms with Crippen LogP contribution in [-0.2, 0) is 14.6 Å². The van der Waals surface area contributed by atoms with Gasteiger partial charge in [-0.15, -0.1) is 0 Å². The fraction of sp³-hybridized carbons (Fsp3) is 0.417. The van der Waals surface area contributed by atoms with Gasteiger partial charge < -0.3 is 5.11 Å². The van der Waals surface area contributed by atoms with E-state index in [1.54, 1.807) is 19.1 Å². The molecule has 4 nitrogen and oxygen atoms in total. The number of sulfone groups is 1. The van der Waals surface area contributed by atoms with Crippen LogP contribution in [0.5, 0.6) is 0 Å². The van der Waals surface area contributed by atoms with Crippen molar-refractivity contribution in [3.05, 3.63) is 28.8 Å². The van der Waals surface area contributed by atoms with Gasteiger partial charge in [0.2, 0.25) is 0 Å². The number of rotatable bonds is 4. The number of hydrogen-bond donors (Lipinski definition) is 1. The molecular formula is C12H16O4S. The minimum absolute atomic E-state index is 0.238. The van der Waals surface area contributed by atoms with E-state index < -0.39 is 15.8 Å². The van der Waals surface area contributed by atoms with Crippen molar-refractivity contribution in [2.24, 2.45) is 0 Å². The summed E-state index contributed by atoms with van der Waals surface area (Å²) in [5, 5.41) is 8.53. The maximum Gasteiger partial charge on any atom is 0.304 e. The lowest BCUT2D eigenvalue weighted by molar-refractivity contribution is -0.136. The second kappa shape index (κ2) is 4.87. The van der Waals surface area contributed by atoms with E-state index in [1.165, 1.54) is 0 Å². The minimum Gasteiger partial charge on any atom is -0.481 e. The maximum absolute atomic E-state index is 12.0. The number of hydrogen-bond acceptors (Lipinski definition) is 3. The predicted molar refractivity (Wildman–Crippen MR) is 65.0 cm³/mol. The van der Waals surface area contributed by atoms with Gasteiger partial charge in [-0.05, 0) is 43.5 Å². The van der Waals surface area contributed by atoms with Crippen molar-refractivity contribution in [1.29, 1.82) is 0 Å². The Morgan fingerprint density at radius 1 is 1.18 bits per heavy atom. The Hall–Kier alpha value is -1.36. The molecule has 1 aromatic rings. The summed E-state index contributed by atoms with van der Waals surface area (Å²) in [4.78, 5) is 10.7. The van der Waals surface area contributed by atoms with Crippen molar-refractivity contribution in [2.75, 3.05) is 5.75 Å². The van der Waals surface area contributed by atoms with Gasteiger partial charge in [0, 0.05) is 0 Å². The summed E-state index contributed by atoms with van der Waals surface area (Å²) in [6.07, 6.45) is -0.366. The van der Waals surface area contributed by atoms with E-state index in [2.05, 4.69) is 0 Å². The second-order valence-corrected chi connectivity index (χ2v) is 6.17. The van der Waals surface area contributed by atoms with Crippen molar-refractivity contribution < 1.29 is 18.3 Å². The van der Waals surface area contributed by atoms with Crippen LogP contribution in [0.25, 0.3) is 0 Å². The van der Waals surface area contributed by atoms with Gasteiger partial charge in [-0.25, -0.2) is 8.42 Å². The maximum atomic E-state index is 12.0. The average Bonchev–Trinajstić information content (AvgIpc) is 2.23. The van der Waals surface area contributed by atoms with E-state index in [-0.39, 0.29) is 17.1 Å². The van der Waals surface area contributed by atoms with Crippen molar-refractivity contribution >= 4 is 15.8 Å². The first-order valence-corrected chi connectivity index (χ1v) is 6.92. The van der Waals surface area contributed by atoms with Gasteiger partial charge in [-0.3, -0.25) is 4.79 Å². The topological polar surface area (TPSA) is 71.4 Å². The zero-order valence-corrected chi connectivity index (χ0v) is 11.0. The van der Waals surface area contributed by atoms with Crippen LogP contribution in [0.4, 0.5) is 0 Å². The van der Waals surface area contributed by atoms with Crippen LogP contribution in [0.3, 0.4) is 0 Å². The molecule has 0 aliphatic heterocycles. The molecule has 5 heteroatoms. The molecule has 94 valence electrons. The molecule has 1 N–H and O–H groups in total. The van der Waals surface area contributed by atoms with E-state index in [0.717, 1.165) is 11.1 Å². The lowest BCUT2D eigenvalue weighted by Crippen LogP contribution is -2.13. The molecule has 0 aliphatic carbocycles. The fourth-order valence-electron chi connectivity index (χ4n) is 1.60. The fourth-order valence-corrected chi connectivity index (χ4v) is 3.16. The van der Waals surface area contributed by atoms with Gasteiger partial charge in [0.25, 0.3) is 0 Å². The number of benzene rings is 1. The Balaban J connectivity index is 3.16.